The molecule has 0 spiro atoms. The van der Waals surface area contributed by atoms with Gasteiger partial charge in [-0.1, -0.05) is 19.9 Å². The smallest absolute Gasteiger partial charge is 0.348 e. The Morgan fingerprint density at radius 3 is 2.68 bits per heavy atom. The molecular formula is C18H23NO2S. The average Bonchev–Trinajstić information content (AvgIpc) is 2.90. The van der Waals surface area contributed by atoms with Gasteiger partial charge < -0.3 is 9.64 Å². The van der Waals surface area contributed by atoms with Crippen molar-refractivity contribution in [2.45, 2.75) is 33.6 Å². The molecule has 0 bridgehead atoms. The van der Waals surface area contributed by atoms with Crippen LogP contribution in [0.1, 0.15) is 43.3 Å². The van der Waals surface area contributed by atoms with Crippen LogP contribution >= 0.6 is 11.3 Å². The number of fused-ring (bicyclic) bond motifs is 1. The molecule has 4 heteroatoms. The summed E-state index contributed by atoms with van der Waals surface area (Å²) in [7, 11) is 0. The lowest BCUT2D eigenvalue weighted by atomic mass is 9.82. The summed E-state index contributed by atoms with van der Waals surface area (Å²) in [4.78, 5) is 15.0. The van der Waals surface area contributed by atoms with Crippen LogP contribution in [0.3, 0.4) is 0 Å². The Morgan fingerprint density at radius 1 is 1.27 bits per heavy atom. The second-order valence-electron chi connectivity index (χ2n) is 6.70. The Bertz CT molecular complexity index is 679. The van der Waals surface area contributed by atoms with Gasteiger partial charge in [0, 0.05) is 23.5 Å². The Hall–Kier alpha value is -1.55. The lowest BCUT2D eigenvalue weighted by Gasteiger charge is -2.38. The first-order chi connectivity index (χ1) is 10.5. The number of benzene rings is 1. The Morgan fingerprint density at radius 2 is 2.00 bits per heavy atom. The van der Waals surface area contributed by atoms with E-state index in [1.54, 1.807) is 0 Å². The lowest BCUT2D eigenvalue weighted by Crippen LogP contribution is -2.37. The predicted octanol–water partition coefficient (Wildman–Crippen LogP) is 4.70. The van der Waals surface area contributed by atoms with E-state index in [-0.39, 0.29) is 5.97 Å². The molecule has 1 aliphatic heterocycles. The minimum atomic E-state index is -0.218. The molecule has 1 aliphatic rings. The fraction of sp³-hybridized carbons (Fsp3) is 0.500. The highest BCUT2D eigenvalue weighted by atomic mass is 32.1. The van der Waals surface area contributed by atoms with E-state index in [4.69, 9.17) is 4.74 Å². The molecule has 3 rings (SSSR count). The van der Waals surface area contributed by atoms with E-state index in [0.29, 0.717) is 16.9 Å². The summed E-state index contributed by atoms with van der Waals surface area (Å²) in [6, 6.07) is 8.42. The molecule has 0 amide bonds. The van der Waals surface area contributed by atoms with Crippen LogP contribution < -0.4 is 4.90 Å². The maximum Gasteiger partial charge on any atom is 0.348 e. The van der Waals surface area contributed by atoms with Crippen LogP contribution in [-0.4, -0.2) is 25.7 Å². The van der Waals surface area contributed by atoms with E-state index in [1.165, 1.54) is 29.9 Å². The van der Waals surface area contributed by atoms with Crippen molar-refractivity contribution in [3.63, 3.8) is 0 Å². The van der Waals surface area contributed by atoms with Crippen molar-refractivity contribution in [2.75, 3.05) is 24.6 Å². The highest BCUT2D eigenvalue weighted by Gasteiger charge is 2.25. The van der Waals surface area contributed by atoms with Crippen LogP contribution in [0.4, 0.5) is 5.69 Å². The number of rotatable bonds is 3. The molecule has 1 aromatic heterocycles. The van der Waals surface area contributed by atoms with Crippen molar-refractivity contribution in [3.05, 3.63) is 29.1 Å². The number of anilines is 1. The first-order valence-corrected chi connectivity index (χ1v) is 8.76. The summed E-state index contributed by atoms with van der Waals surface area (Å²) in [5.74, 6) is -0.218. The van der Waals surface area contributed by atoms with Gasteiger partial charge in [0.1, 0.15) is 4.88 Å². The lowest BCUT2D eigenvalue weighted by molar-refractivity contribution is 0.0532. The van der Waals surface area contributed by atoms with Crippen LogP contribution in [0.25, 0.3) is 10.1 Å². The second-order valence-corrected chi connectivity index (χ2v) is 7.79. The standard InChI is InChI=1S/C18H23NO2S/c1-4-21-17(20)16-11-13-5-6-14(12-15(13)22-16)19-9-7-18(2,3)8-10-19/h5-6,11-12H,4,7-10H2,1-3H3. The van der Waals surface area contributed by atoms with Gasteiger partial charge in [-0.05, 0) is 48.8 Å². The molecule has 2 aromatic rings. The number of carbonyl (C=O) groups excluding carboxylic acids is 1. The molecule has 0 aliphatic carbocycles. The van der Waals surface area contributed by atoms with E-state index in [0.717, 1.165) is 23.2 Å². The summed E-state index contributed by atoms with van der Waals surface area (Å²) < 4.78 is 6.25. The van der Waals surface area contributed by atoms with Gasteiger partial charge in [0.05, 0.1) is 6.61 Å². The van der Waals surface area contributed by atoms with Crippen molar-refractivity contribution in [1.82, 2.24) is 0 Å². The molecule has 3 nitrogen and oxygen atoms in total. The first kappa shape index (κ1) is 15.3. The molecule has 22 heavy (non-hydrogen) atoms. The van der Waals surface area contributed by atoms with Gasteiger partial charge in [0.25, 0.3) is 0 Å². The van der Waals surface area contributed by atoms with Crippen LogP contribution in [0, 0.1) is 5.41 Å². The average molecular weight is 317 g/mol. The Kier molecular flexibility index (Phi) is 4.13. The van der Waals surface area contributed by atoms with Crippen LogP contribution in [0.15, 0.2) is 24.3 Å². The van der Waals surface area contributed by atoms with Crippen LogP contribution in [0.5, 0.6) is 0 Å². The van der Waals surface area contributed by atoms with Gasteiger partial charge in [-0.25, -0.2) is 4.79 Å². The Labute approximate surface area is 135 Å². The molecule has 1 fully saturated rings. The van der Waals surface area contributed by atoms with Crippen LogP contribution in [-0.2, 0) is 4.74 Å². The molecule has 1 saturated heterocycles. The molecule has 0 radical (unpaired) electrons. The highest BCUT2D eigenvalue weighted by Crippen LogP contribution is 2.35. The molecule has 0 unspecified atom stereocenters. The van der Waals surface area contributed by atoms with Gasteiger partial charge in [-0.2, -0.15) is 0 Å². The fourth-order valence-electron chi connectivity index (χ4n) is 2.89. The van der Waals surface area contributed by atoms with E-state index < -0.39 is 0 Å². The first-order valence-electron chi connectivity index (χ1n) is 7.94. The third-order valence-corrected chi connectivity index (χ3v) is 5.54. The quantitative estimate of drug-likeness (QED) is 0.768. The number of hydrogen-bond acceptors (Lipinski definition) is 4. The molecule has 0 saturated carbocycles. The number of thiophene rings is 1. The van der Waals surface area contributed by atoms with Crippen molar-refractivity contribution in [3.8, 4) is 0 Å². The van der Waals surface area contributed by atoms with Gasteiger partial charge >= 0.3 is 5.97 Å². The molecule has 1 aromatic carbocycles. The van der Waals surface area contributed by atoms with Crippen molar-refractivity contribution < 1.29 is 9.53 Å². The van der Waals surface area contributed by atoms with E-state index in [9.17, 15) is 4.79 Å². The molecular weight excluding hydrogens is 294 g/mol. The number of carbonyl (C=O) groups is 1. The van der Waals surface area contributed by atoms with Gasteiger partial charge in [0.15, 0.2) is 0 Å². The second kappa shape index (κ2) is 5.92. The summed E-state index contributed by atoms with van der Waals surface area (Å²) in [6.45, 7) is 9.16. The maximum absolute atomic E-state index is 11.9. The summed E-state index contributed by atoms with van der Waals surface area (Å²) in [5, 5.41) is 1.12. The van der Waals surface area contributed by atoms with Crippen molar-refractivity contribution in [1.29, 1.82) is 0 Å². The fourth-order valence-corrected chi connectivity index (χ4v) is 3.88. The van der Waals surface area contributed by atoms with Gasteiger partial charge in [-0.15, -0.1) is 11.3 Å². The van der Waals surface area contributed by atoms with E-state index >= 15 is 0 Å². The third-order valence-electron chi connectivity index (χ3n) is 4.46. The molecule has 2 heterocycles. The number of ether oxygens (including phenoxy) is 1. The minimum absolute atomic E-state index is 0.218. The SMILES string of the molecule is CCOC(=O)c1cc2ccc(N3CCC(C)(C)CC3)cc2s1. The predicted molar refractivity (Wildman–Crippen MR) is 93.0 cm³/mol. The summed E-state index contributed by atoms with van der Waals surface area (Å²) in [6.07, 6.45) is 2.45. The largest absolute Gasteiger partial charge is 0.462 e. The maximum atomic E-state index is 11.9. The van der Waals surface area contributed by atoms with E-state index in [2.05, 4.69) is 36.9 Å². The molecule has 0 atom stereocenters. The molecule has 118 valence electrons. The number of hydrogen-bond donors (Lipinski definition) is 0. The number of esters is 1. The third kappa shape index (κ3) is 3.12. The zero-order chi connectivity index (χ0) is 15.7. The highest BCUT2D eigenvalue weighted by molar-refractivity contribution is 7.20. The van der Waals surface area contributed by atoms with Crippen molar-refractivity contribution in [2.24, 2.45) is 5.41 Å². The van der Waals surface area contributed by atoms with E-state index in [1.807, 2.05) is 13.0 Å². The zero-order valence-corrected chi connectivity index (χ0v) is 14.3. The number of nitrogens with zero attached hydrogens (tertiary/aromatic N) is 1. The normalized spacial score (nSPS) is 17.7. The zero-order valence-electron chi connectivity index (χ0n) is 13.5. The molecule has 0 N–H and O–H groups in total. The van der Waals surface area contributed by atoms with Gasteiger partial charge in [0.2, 0.25) is 0 Å². The van der Waals surface area contributed by atoms with Crippen LogP contribution in [0.2, 0.25) is 0 Å². The summed E-state index contributed by atoms with van der Waals surface area (Å²) >= 11 is 1.52. The number of piperidine rings is 1. The van der Waals surface area contributed by atoms with Gasteiger partial charge in [-0.3, -0.25) is 0 Å². The summed E-state index contributed by atoms with van der Waals surface area (Å²) in [5.41, 5.74) is 1.72. The Balaban J connectivity index is 1.82. The topological polar surface area (TPSA) is 29.5 Å². The monoisotopic (exact) mass is 317 g/mol. The minimum Gasteiger partial charge on any atom is -0.462 e. The van der Waals surface area contributed by atoms with Crippen molar-refractivity contribution >= 4 is 33.1 Å².